The summed E-state index contributed by atoms with van der Waals surface area (Å²) in [5.41, 5.74) is 5.76. The van der Waals surface area contributed by atoms with Crippen molar-refractivity contribution in [1.82, 2.24) is 5.43 Å². The van der Waals surface area contributed by atoms with Crippen LogP contribution in [0.5, 0.6) is 5.75 Å². The minimum Gasteiger partial charge on any atom is -0.488 e. The maximum absolute atomic E-state index is 12.2. The molecule has 0 aromatic heterocycles. The Labute approximate surface area is 163 Å². The predicted octanol–water partition coefficient (Wildman–Crippen LogP) is 4.99. The van der Waals surface area contributed by atoms with Crippen LogP contribution >= 0.6 is 11.6 Å². The smallest absolute Gasteiger partial charge is 0.271 e. The number of aryl methyl sites for hydroxylation is 1. The molecule has 0 saturated carbocycles. The molecule has 27 heavy (non-hydrogen) atoms. The Morgan fingerprint density at radius 3 is 2.59 bits per heavy atom. The molecular formula is C22H19ClN2O2. The molecule has 5 heteroatoms. The zero-order chi connectivity index (χ0) is 19.1. The quantitative estimate of drug-likeness (QED) is 0.485. The summed E-state index contributed by atoms with van der Waals surface area (Å²) in [6.07, 6.45) is 1.53. The third kappa shape index (κ3) is 5.19. The monoisotopic (exact) mass is 378 g/mol. The molecule has 0 spiro atoms. The van der Waals surface area contributed by atoms with Gasteiger partial charge in [-0.1, -0.05) is 60.1 Å². The largest absolute Gasteiger partial charge is 0.488 e. The van der Waals surface area contributed by atoms with Crippen LogP contribution in [-0.2, 0) is 6.61 Å². The first-order valence-corrected chi connectivity index (χ1v) is 8.86. The Bertz CT molecular complexity index is 956. The van der Waals surface area contributed by atoms with Gasteiger partial charge in [-0.2, -0.15) is 5.10 Å². The van der Waals surface area contributed by atoms with Crippen molar-refractivity contribution in [2.45, 2.75) is 13.5 Å². The summed E-state index contributed by atoms with van der Waals surface area (Å²) < 4.78 is 5.88. The third-order valence-corrected chi connectivity index (χ3v) is 4.20. The van der Waals surface area contributed by atoms with Crippen molar-refractivity contribution in [3.05, 3.63) is 100 Å². The lowest BCUT2D eigenvalue weighted by Gasteiger charge is -2.09. The van der Waals surface area contributed by atoms with Gasteiger partial charge in [-0.15, -0.1) is 0 Å². The van der Waals surface area contributed by atoms with E-state index in [2.05, 4.69) is 10.5 Å². The van der Waals surface area contributed by atoms with Gasteiger partial charge in [0.15, 0.2) is 0 Å². The van der Waals surface area contributed by atoms with E-state index in [1.165, 1.54) is 6.21 Å². The molecule has 0 atom stereocenters. The topological polar surface area (TPSA) is 50.7 Å². The molecule has 0 unspecified atom stereocenters. The number of ether oxygens (including phenoxy) is 1. The van der Waals surface area contributed by atoms with E-state index in [-0.39, 0.29) is 5.91 Å². The summed E-state index contributed by atoms with van der Waals surface area (Å²) in [4.78, 5) is 12.2. The molecule has 1 amide bonds. The van der Waals surface area contributed by atoms with Crippen molar-refractivity contribution in [3.8, 4) is 5.75 Å². The van der Waals surface area contributed by atoms with E-state index >= 15 is 0 Å². The Balaban J connectivity index is 1.70. The minimum atomic E-state index is -0.266. The van der Waals surface area contributed by atoms with Gasteiger partial charge in [-0.25, -0.2) is 5.43 Å². The van der Waals surface area contributed by atoms with Crippen molar-refractivity contribution in [2.24, 2.45) is 5.10 Å². The van der Waals surface area contributed by atoms with E-state index in [4.69, 9.17) is 16.3 Å². The highest BCUT2D eigenvalue weighted by Crippen LogP contribution is 2.22. The van der Waals surface area contributed by atoms with Crippen LogP contribution < -0.4 is 10.2 Å². The molecule has 1 N–H and O–H groups in total. The van der Waals surface area contributed by atoms with Gasteiger partial charge in [-0.3, -0.25) is 4.79 Å². The number of rotatable bonds is 6. The van der Waals surface area contributed by atoms with Crippen LogP contribution in [0.2, 0.25) is 5.02 Å². The van der Waals surface area contributed by atoms with Crippen LogP contribution in [0, 0.1) is 6.92 Å². The Morgan fingerprint density at radius 1 is 1.07 bits per heavy atom. The molecule has 0 bridgehead atoms. The second kappa shape index (κ2) is 9.01. The van der Waals surface area contributed by atoms with Gasteiger partial charge < -0.3 is 4.74 Å². The number of hydrogen-bond acceptors (Lipinski definition) is 3. The molecule has 0 aliphatic heterocycles. The zero-order valence-electron chi connectivity index (χ0n) is 14.9. The summed E-state index contributed by atoms with van der Waals surface area (Å²) in [6, 6.07) is 22.5. The summed E-state index contributed by atoms with van der Waals surface area (Å²) >= 11 is 6.09. The highest BCUT2D eigenvalue weighted by molar-refractivity contribution is 6.30. The SMILES string of the molecule is Cc1ccccc1C(=O)N/N=C\c1cc(Cl)ccc1OCc1ccccc1. The maximum Gasteiger partial charge on any atom is 0.271 e. The van der Waals surface area contributed by atoms with E-state index in [0.717, 1.165) is 11.1 Å². The summed E-state index contributed by atoms with van der Waals surface area (Å²) in [6.45, 7) is 2.31. The lowest BCUT2D eigenvalue weighted by atomic mass is 10.1. The predicted molar refractivity (Wildman–Crippen MR) is 108 cm³/mol. The van der Waals surface area contributed by atoms with E-state index in [9.17, 15) is 4.79 Å². The molecule has 3 aromatic rings. The van der Waals surface area contributed by atoms with Gasteiger partial charge >= 0.3 is 0 Å². The fourth-order valence-corrected chi connectivity index (χ4v) is 2.72. The number of amides is 1. The van der Waals surface area contributed by atoms with Crippen molar-refractivity contribution < 1.29 is 9.53 Å². The van der Waals surface area contributed by atoms with E-state index in [0.29, 0.717) is 28.5 Å². The molecule has 0 heterocycles. The van der Waals surface area contributed by atoms with Crippen LogP contribution in [0.3, 0.4) is 0 Å². The fourth-order valence-electron chi connectivity index (χ4n) is 2.54. The Kier molecular flexibility index (Phi) is 6.23. The van der Waals surface area contributed by atoms with Crippen molar-refractivity contribution in [2.75, 3.05) is 0 Å². The second-order valence-corrected chi connectivity index (χ2v) is 6.41. The first kappa shape index (κ1) is 18.7. The van der Waals surface area contributed by atoms with Gasteiger partial charge in [0.05, 0.1) is 6.21 Å². The summed E-state index contributed by atoms with van der Waals surface area (Å²) in [5.74, 6) is 0.371. The van der Waals surface area contributed by atoms with Crippen LogP contribution in [0.15, 0.2) is 77.9 Å². The van der Waals surface area contributed by atoms with E-state index in [1.807, 2.05) is 55.5 Å². The van der Waals surface area contributed by atoms with Crippen LogP contribution in [0.4, 0.5) is 0 Å². The molecule has 0 fully saturated rings. The third-order valence-electron chi connectivity index (χ3n) is 3.97. The fraction of sp³-hybridized carbons (Fsp3) is 0.0909. The van der Waals surface area contributed by atoms with Gasteiger partial charge in [0.1, 0.15) is 12.4 Å². The lowest BCUT2D eigenvalue weighted by Crippen LogP contribution is -2.18. The van der Waals surface area contributed by atoms with E-state index in [1.54, 1.807) is 24.3 Å². The van der Waals surface area contributed by atoms with Gasteiger partial charge in [0, 0.05) is 16.1 Å². The lowest BCUT2D eigenvalue weighted by molar-refractivity contribution is 0.0954. The van der Waals surface area contributed by atoms with Crippen molar-refractivity contribution >= 4 is 23.7 Å². The van der Waals surface area contributed by atoms with Gasteiger partial charge in [-0.05, 0) is 42.3 Å². The average Bonchev–Trinajstić information content (AvgIpc) is 2.68. The molecule has 3 aromatic carbocycles. The first-order valence-electron chi connectivity index (χ1n) is 8.49. The number of carbonyl (C=O) groups excluding carboxylic acids is 1. The number of nitrogens with one attached hydrogen (secondary N) is 1. The number of benzene rings is 3. The first-order chi connectivity index (χ1) is 13.1. The maximum atomic E-state index is 12.2. The average molecular weight is 379 g/mol. The summed E-state index contributed by atoms with van der Waals surface area (Å²) in [5, 5.41) is 4.62. The normalized spacial score (nSPS) is 10.7. The van der Waals surface area contributed by atoms with E-state index < -0.39 is 0 Å². The second-order valence-electron chi connectivity index (χ2n) is 5.97. The molecule has 4 nitrogen and oxygen atoms in total. The Hall–Kier alpha value is -3.11. The molecule has 0 saturated heterocycles. The number of hydrazone groups is 1. The molecule has 3 rings (SSSR count). The number of hydrogen-bond donors (Lipinski definition) is 1. The number of nitrogens with zero attached hydrogens (tertiary/aromatic N) is 1. The van der Waals surface area contributed by atoms with Crippen LogP contribution in [0.1, 0.15) is 27.0 Å². The highest BCUT2D eigenvalue weighted by atomic mass is 35.5. The zero-order valence-corrected chi connectivity index (χ0v) is 15.6. The number of halogens is 1. The molecular weight excluding hydrogens is 360 g/mol. The van der Waals surface area contributed by atoms with Gasteiger partial charge in [0.25, 0.3) is 5.91 Å². The highest BCUT2D eigenvalue weighted by Gasteiger charge is 2.07. The van der Waals surface area contributed by atoms with Crippen molar-refractivity contribution in [1.29, 1.82) is 0 Å². The molecule has 0 aliphatic rings. The molecule has 0 radical (unpaired) electrons. The van der Waals surface area contributed by atoms with Crippen molar-refractivity contribution in [3.63, 3.8) is 0 Å². The van der Waals surface area contributed by atoms with Crippen LogP contribution in [0.25, 0.3) is 0 Å². The van der Waals surface area contributed by atoms with Gasteiger partial charge in [0.2, 0.25) is 0 Å². The van der Waals surface area contributed by atoms with Crippen LogP contribution in [-0.4, -0.2) is 12.1 Å². The number of carbonyl (C=O) groups is 1. The minimum absolute atomic E-state index is 0.266. The Morgan fingerprint density at radius 2 is 1.81 bits per heavy atom. The summed E-state index contributed by atoms with van der Waals surface area (Å²) in [7, 11) is 0. The molecule has 136 valence electrons. The molecule has 0 aliphatic carbocycles. The standard InChI is InChI=1S/C22H19ClN2O2/c1-16-7-5-6-10-20(16)22(26)25-24-14-18-13-19(23)11-12-21(18)27-15-17-8-3-2-4-9-17/h2-14H,15H2,1H3,(H,25,26)/b24-14-.